The first-order chi connectivity index (χ1) is 14.2. The Labute approximate surface area is 173 Å². The van der Waals surface area contributed by atoms with Crippen LogP contribution in [0.1, 0.15) is 25.8 Å². The molecule has 0 unspecified atom stereocenters. The topological polar surface area (TPSA) is 88.6 Å². The van der Waals surface area contributed by atoms with Crippen LogP contribution < -0.4 is 14.9 Å². The summed E-state index contributed by atoms with van der Waals surface area (Å²) in [6.07, 6.45) is 2.50. The molecule has 0 bridgehead atoms. The van der Waals surface area contributed by atoms with Crippen LogP contribution in [0.15, 0.2) is 52.7 Å². The average molecular weight is 413 g/mol. The number of imidazole rings is 1. The van der Waals surface area contributed by atoms with Crippen molar-refractivity contribution in [2.45, 2.75) is 25.4 Å². The molecule has 0 spiro atoms. The van der Waals surface area contributed by atoms with E-state index in [1.807, 2.05) is 49.4 Å². The van der Waals surface area contributed by atoms with Crippen molar-refractivity contribution in [2.75, 3.05) is 19.0 Å². The Hall–Kier alpha value is -3.00. The SMILES string of the molecule is CCCOc1ccc(/C=N\NC(=O)CSc2nc3ccccc3[nH]2)cc1OCC. The van der Waals surface area contributed by atoms with Gasteiger partial charge >= 0.3 is 0 Å². The number of hydrogen-bond donors (Lipinski definition) is 2. The lowest BCUT2D eigenvalue weighted by molar-refractivity contribution is -0.118. The van der Waals surface area contributed by atoms with Gasteiger partial charge in [0.25, 0.3) is 5.91 Å². The van der Waals surface area contributed by atoms with Crippen molar-refractivity contribution in [2.24, 2.45) is 5.10 Å². The zero-order valence-electron chi connectivity index (χ0n) is 16.5. The van der Waals surface area contributed by atoms with Crippen LogP contribution in [0.4, 0.5) is 0 Å². The number of aromatic amines is 1. The zero-order chi connectivity index (χ0) is 20.5. The van der Waals surface area contributed by atoms with E-state index in [0.29, 0.717) is 29.9 Å². The number of aromatic nitrogens is 2. The second-order valence-electron chi connectivity index (χ2n) is 6.13. The van der Waals surface area contributed by atoms with E-state index in [4.69, 9.17) is 9.47 Å². The van der Waals surface area contributed by atoms with E-state index < -0.39 is 0 Å². The molecule has 0 atom stereocenters. The Morgan fingerprint density at radius 2 is 2.07 bits per heavy atom. The van der Waals surface area contributed by atoms with Crippen LogP contribution in [0, 0.1) is 0 Å². The number of carbonyl (C=O) groups excluding carboxylic acids is 1. The molecule has 0 aliphatic carbocycles. The molecule has 1 aromatic heterocycles. The smallest absolute Gasteiger partial charge is 0.250 e. The molecular weight excluding hydrogens is 388 g/mol. The molecule has 0 aliphatic heterocycles. The number of para-hydroxylation sites is 2. The summed E-state index contributed by atoms with van der Waals surface area (Å²) in [5, 5.41) is 4.73. The standard InChI is InChI=1S/C21H24N4O3S/c1-3-11-28-18-10-9-15(12-19(18)27-4-2)13-22-25-20(26)14-29-21-23-16-7-5-6-8-17(16)24-21/h5-10,12-13H,3-4,11,14H2,1-2H3,(H,23,24)(H,25,26)/b22-13-. The van der Waals surface area contributed by atoms with Gasteiger partial charge in [-0.25, -0.2) is 10.4 Å². The van der Waals surface area contributed by atoms with Crippen LogP contribution in [-0.2, 0) is 4.79 Å². The van der Waals surface area contributed by atoms with Gasteiger partial charge < -0.3 is 14.5 Å². The minimum Gasteiger partial charge on any atom is -0.490 e. The highest BCUT2D eigenvalue weighted by Gasteiger charge is 2.07. The van der Waals surface area contributed by atoms with Gasteiger partial charge in [-0.2, -0.15) is 5.10 Å². The minimum absolute atomic E-state index is 0.209. The first-order valence-corrected chi connectivity index (χ1v) is 10.5. The summed E-state index contributed by atoms with van der Waals surface area (Å²) in [5.74, 6) is 1.37. The second-order valence-corrected chi connectivity index (χ2v) is 7.09. The molecule has 1 amide bonds. The maximum absolute atomic E-state index is 12.0. The largest absolute Gasteiger partial charge is 0.490 e. The van der Waals surface area contributed by atoms with Crippen molar-refractivity contribution in [1.82, 2.24) is 15.4 Å². The van der Waals surface area contributed by atoms with Crippen LogP contribution in [0.25, 0.3) is 11.0 Å². The minimum atomic E-state index is -0.209. The Bertz CT molecular complexity index is 954. The summed E-state index contributed by atoms with van der Waals surface area (Å²) >= 11 is 1.33. The molecule has 29 heavy (non-hydrogen) atoms. The summed E-state index contributed by atoms with van der Waals surface area (Å²) in [6, 6.07) is 13.3. The lowest BCUT2D eigenvalue weighted by atomic mass is 10.2. The molecule has 2 aromatic carbocycles. The van der Waals surface area contributed by atoms with E-state index in [2.05, 4.69) is 27.4 Å². The molecule has 152 valence electrons. The van der Waals surface area contributed by atoms with Gasteiger partial charge in [0.2, 0.25) is 0 Å². The van der Waals surface area contributed by atoms with Crippen molar-refractivity contribution in [3.8, 4) is 11.5 Å². The number of fused-ring (bicyclic) bond motifs is 1. The van der Waals surface area contributed by atoms with Crippen molar-refractivity contribution in [1.29, 1.82) is 0 Å². The third-order valence-corrected chi connectivity index (χ3v) is 4.71. The second kappa shape index (κ2) is 10.5. The summed E-state index contributed by atoms with van der Waals surface area (Å²) in [7, 11) is 0. The Morgan fingerprint density at radius 1 is 1.21 bits per heavy atom. The number of ether oxygens (including phenoxy) is 2. The van der Waals surface area contributed by atoms with Gasteiger partial charge in [0.15, 0.2) is 16.7 Å². The van der Waals surface area contributed by atoms with Crippen LogP contribution >= 0.6 is 11.8 Å². The Kier molecular flexibility index (Phi) is 7.52. The van der Waals surface area contributed by atoms with Crippen molar-refractivity contribution in [3.63, 3.8) is 0 Å². The number of H-pyrrole nitrogens is 1. The predicted octanol–water partition coefficient (Wildman–Crippen LogP) is 3.99. The van der Waals surface area contributed by atoms with E-state index in [0.717, 1.165) is 23.0 Å². The van der Waals surface area contributed by atoms with Crippen LogP contribution in [-0.4, -0.2) is 41.1 Å². The van der Waals surface area contributed by atoms with Gasteiger partial charge in [0.1, 0.15) is 0 Å². The number of nitrogens with one attached hydrogen (secondary N) is 2. The molecule has 0 aliphatic rings. The van der Waals surface area contributed by atoms with Crippen molar-refractivity contribution >= 4 is 34.9 Å². The van der Waals surface area contributed by atoms with Crippen molar-refractivity contribution in [3.05, 3.63) is 48.0 Å². The highest BCUT2D eigenvalue weighted by Crippen LogP contribution is 2.28. The fourth-order valence-corrected chi connectivity index (χ4v) is 3.22. The van der Waals surface area contributed by atoms with Crippen LogP contribution in [0.3, 0.4) is 0 Å². The normalized spacial score (nSPS) is 11.1. The summed E-state index contributed by atoms with van der Waals surface area (Å²) in [5.41, 5.74) is 5.17. The highest BCUT2D eigenvalue weighted by atomic mass is 32.2. The van der Waals surface area contributed by atoms with Crippen LogP contribution in [0.5, 0.6) is 11.5 Å². The molecule has 0 saturated heterocycles. The van der Waals surface area contributed by atoms with Gasteiger partial charge in [-0.3, -0.25) is 4.79 Å². The summed E-state index contributed by atoms with van der Waals surface area (Å²) in [4.78, 5) is 19.6. The third kappa shape index (κ3) is 5.99. The molecule has 8 heteroatoms. The molecule has 3 rings (SSSR count). The number of carbonyl (C=O) groups is 1. The van der Waals surface area contributed by atoms with Gasteiger partial charge in [0.05, 0.1) is 36.2 Å². The number of hydrazone groups is 1. The number of thioether (sulfide) groups is 1. The average Bonchev–Trinajstić information content (AvgIpc) is 3.15. The lowest BCUT2D eigenvalue weighted by Gasteiger charge is -2.11. The van der Waals surface area contributed by atoms with Gasteiger partial charge in [-0.05, 0) is 49.2 Å². The first kappa shape index (κ1) is 20.7. The van der Waals surface area contributed by atoms with E-state index in [1.54, 1.807) is 6.21 Å². The molecule has 0 radical (unpaired) electrons. The number of nitrogens with zero attached hydrogens (tertiary/aromatic N) is 2. The molecule has 3 aromatic rings. The number of amides is 1. The van der Waals surface area contributed by atoms with E-state index >= 15 is 0 Å². The molecular formula is C21H24N4O3S. The maximum Gasteiger partial charge on any atom is 0.250 e. The van der Waals surface area contributed by atoms with Crippen LogP contribution in [0.2, 0.25) is 0 Å². The zero-order valence-corrected chi connectivity index (χ0v) is 17.3. The first-order valence-electron chi connectivity index (χ1n) is 9.48. The molecule has 2 N–H and O–H groups in total. The van der Waals surface area contributed by atoms with E-state index in [9.17, 15) is 4.79 Å². The fourth-order valence-electron chi connectivity index (χ4n) is 2.55. The van der Waals surface area contributed by atoms with E-state index in [1.165, 1.54) is 11.8 Å². The predicted molar refractivity (Wildman–Crippen MR) is 116 cm³/mol. The molecule has 0 fully saturated rings. The molecule has 0 saturated carbocycles. The van der Waals surface area contributed by atoms with Gasteiger partial charge in [0, 0.05) is 0 Å². The lowest BCUT2D eigenvalue weighted by Crippen LogP contribution is -2.19. The summed E-state index contributed by atoms with van der Waals surface area (Å²) < 4.78 is 11.3. The Morgan fingerprint density at radius 3 is 2.86 bits per heavy atom. The molecule has 7 nitrogen and oxygen atoms in total. The molecule has 1 heterocycles. The summed E-state index contributed by atoms with van der Waals surface area (Å²) in [6.45, 7) is 5.14. The fraction of sp³-hybridized carbons (Fsp3) is 0.286. The number of hydrogen-bond acceptors (Lipinski definition) is 6. The van der Waals surface area contributed by atoms with Gasteiger partial charge in [-0.15, -0.1) is 0 Å². The Balaban J connectivity index is 1.52. The van der Waals surface area contributed by atoms with Gasteiger partial charge in [-0.1, -0.05) is 30.8 Å². The number of rotatable bonds is 10. The third-order valence-electron chi connectivity index (χ3n) is 3.84. The highest BCUT2D eigenvalue weighted by molar-refractivity contribution is 7.99. The monoisotopic (exact) mass is 412 g/mol. The number of benzene rings is 2. The quantitative estimate of drug-likeness (QED) is 0.299. The van der Waals surface area contributed by atoms with E-state index in [-0.39, 0.29) is 11.7 Å². The maximum atomic E-state index is 12.0. The van der Waals surface area contributed by atoms with Crippen molar-refractivity contribution < 1.29 is 14.3 Å².